The summed E-state index contributed by atoms with van der Waals surface area (Å²) in [5.74, 6) is 2.12. The molecule has 0 saturated carbocycles. The fourth-order valence-corrected chi connectivity index (χ4v) is 9.81. The van der Waals surface area contributed by atoms with Gasteiger partial charge in [-0.2, -0.15) is 14.6 Å². The van der Waals surface area contributed by atoms with Crippen LogP contribution >= 0.6 is 0 Å². The van der Waals surface area contributed by atoms with Gasteiger partial charge in [-0.25, -0.2) is 5.43 Å². The molecule has 2 unspecified atom stereocenters. The first-order valence-corrected chi connectivity index (χ1v) is 24.4. The van der Waals surface area contributed by atoms with Gasteiger partial charge in [0.15, 0.2) is 45.8 Å². The Kier molecular flexibility index (Phi) is 15.2. The molecule has 0 fully saturated rings. The van der Waals surface area contributed by atoms with E-state index < -0.39 is 0 Å². The molecule has 4 aromatic rings. The van der Waals surface area contributed by atoms with E-state index in [1.807, 2.05) is 89.8 Å². The highest BCUT2D eigenvalue weighted by molar-refractivity contribution is 6.12. The second-order valence-corrected chi connectivity index (χ2v) is 18.3. The predicted octanol–water partition coefficient (Wildman–Crippen LogP) is 7.74. The highest BCUT2D eigenvalue weighted by Gasteiger charge is 2.34. The van der Waals surface area contributed by atoms with E-state index in [4.69, 9.17) is 23.7 Å². The number of allylic oxidation sites excluding steroid dienone is 8. The number of hydroxylamine groups is 2. The molecule has 17 nitrogen and oxygen atoms in total. The number of aromatic nitrogens is 2. The minimum atomic E-state index is -0.293. The molecule has 1 N–H and O–H groups in total. The third kappa shape index (κ3) is 10.9. The van der Waals surface area contributed by atoms with Crippen molar-refractivity contribution in [1.29, 1.82) is 0 Å². The van der Waals surface area contributed by atoms with Crippen LogP contribution in [0.1, 0.15) is 85.9 Å². The fourth-order valence-electron chi connectivity index (χ4n) is 9.81. The number of amides is 3. The summed E-state index contributed by atoms with van der Waals surface area (Å²) in [5.41, 5.74) is 10.5. The number of unbranched alkanes of at least 4 members (excludes halogenated alkanes) is 4. The quantitative estimate of drug-likeness (QED) is 0.0216. The number of nitrogens with zero attached hydrogens (tertiary/aromatic N) is 6. The number of benzene rings is 2. The summed E-state index contributed by atoms with van der Waals surface area (Å²) in [6.45, 7) is 2.42. The van der Waals surface area contributed by atoms with Crippen molar-refractivity contribution in [3.05, 3.63) is 147 Å². The summed E-state index contributed by atoms with van der Waals surface area (Å²) in [6.07, 6.45) is 25.0. The maximum absolute atomic E-state index is 13.5. The van der Waals surface area contributed by atoms with Gasteiger partial charge in [-0.05, 0) is 84.9 Å². The van der Waals surface area contributed by atoms with Gasteiger partial charge >= 0.3 is 0 Å². The molecule has 2 aliphatic carbocycles. The zero-order valence-electron chi connectivity index (χ0n) is 40.8. The van der Waals surface area contributed by atoms with Crippen LogP contribution in [0.15, 0.2) is 114 Å². The largest absolute Gasteiger partial charge is 0.618 e. The summed E-state index contributed by atoms with van der Waals surface area (Å²) >= 11 is 0. The third-order valence-electron chi connectivity index (χ3n) is 13.6. The number of ether oxygens (including phenoxy) is 5. The molecule has 17 heteroatoms. The average Bonchev–Trinajstić information content (AvgIpc) is 3.95. The van der Waals surface area contributed by atoms with E-state index >= 15 is 0 Å². The van der Waals surface area contributed by atoms with E-state index in [0.717, 1.165) is 68.7 Å². The molecule has 2 atom stereocenters. The van der Waals surface area contributed by atoms with Crippen LogP contribution in [0, 0.1) is 22.3 Å². The lowest BCUT2D eigenvalue weighted by atomic mass is 9.87. The van der Waals surface area contributed by atoms with E-state index in [-0.39, 0.29) is 36.0 Å². The van der Waals surface area contributed by atoms with Crippen molar-refractivity contribution >= 4 is 47.5 Å². The number of hydrogen-bond acceptors (Lipinski definition) is 11. The molecule has 374 valence electrons. The van der Waals surface area contributed by atoms with Gasteiger partial charge in [-0.1, -0.05) is 55.0 Å². The summed E-state index contributed by atoms with van der Waals surface area (Å²) in [4.78, 5) is 36.9. The Balaban J connectivity index is 0.723. The van der Waals surface area contributed by atoms with E-state index in [0.29, 0.717) is 104 Å². The van der Waals surface area contributed by atoms with Gasteiger partial charge in [0.2, 0.25) is 18.3 Å². The van der Waals surface area contributed by atoms with Crippen LogP contribution in [0.5, 0.6) is 28.7 Å². The molecule has 0 saturated heterocycles. The van der Waals surface area contributed by atoms with Crippen molar-refractivity contribution < 1.29 is 47.5 Å². The van der Waals surface area contributed by atoms with Crippen LogP contribution in [0.3, 0.4) is 0 Å². The third-order valence-corrected chi connectivity index (χ3v) is 13.6. The van der Waals surface area contributed by atoms with Gasteiger partial charge in [0.1, 0.15) is 5.75 Å². The molecule has 9 rings (SSSR count). The number of imide groups is 1. The zero-order valence-corrected chi connectivity index (χ0v) is 40.8. The lowest BCUT2D eigenvalue weighted by Crippen LogP contribution is -2.30. The lowest BCUT2D eigenvalue weighted by molar-refractivity contribution is -0.404. The molecular weight excluding hydrogens is 919 g/mol. The maximum Gasteiger partial charge on any atom is 0.253 e. The highest BCUT2D eigenvalue weighted by atomic mass is 16.5. The van der Waals surface area contributed by atoms with Crippen molar-refractivity contribution in [2.75, 3.05) is 41.1 Å². The maximum atomic E-state index is 13.5. The number of carbonyl (C=O) groups is 3. The van der Waals surface area contributed by atoms with E-state index in [9.17, 15) is 24.8 Å². The minimum absolute atomic E-state index is 0.0252. The Morgan fingerprint density at radius 2 is 1.19 bits per heavy atom. The first-order chi connectivity index (χ1) is 35.1. The number of carbonyl (C=O) groups excluding carboxylic acids is 3. The van der Waals surface area contributed by atoms with Gasteiger partial charge in [0.05, 0.1) is 65.0 Å². The first-order valence-electron chi connectivity index (χ1n) is 24.4. The molecule has 0 bridgehead atoms. The molecule has 0 radical (unpaired) electrons. The summed E-state index contributed by atoms with van der Waals surface area (Å²) in [6, 6.07) is 15.9. The first kappa shape index (κ1) is 48.9. The van der Waals surface area contributed by atoms with Crippen LogP contribution in [-0.4, -0.2) is 101 Å². The second-order valence-electron chi connectivity index (χ2n) is 18.3. The Morgan fingerprint density at radius 1 is 0.681 bits per heavy atom. The number of methoxy groups -OCH3 is 3. The smallest absolute Gasteiger partial charge is 0.253 e. The van der Waals surface area contributed by atoms with Gasteiger partial charge in [-0.3, -0.25) is 19.3 Å². The van der Waals surface area contributed by atoms with Crippen molar-refractivity contribution in [1.82, 2.24) is 19.5 Å². The SMILES string of the molecule is COc1ccc(C2=CC=C3C(C2)Cn2cc(OCCCCCOc4cn5c(c4OC)C=[N+]([O-])C4=CC=C(c6ccc(C=NNC(=O)CCCCCN7C(=O)C=CC7=O)cc6)CC4C5)c(OC)c2C=[N+]3[O-])cc1. The molecular formula is C55H59N7O10. The lowest BCUT2D eigenvalue weighted by Gasteiger charge is -2.22. The van der Waals surface area contributed by atoms with Gasteiger partial charge in [-0.15, -0.1) is 0 Å². The molecule has 3 aliphatic heterocycles. The van der Waals surface area contributed by atoms with Gasteiger partial charge in [0, 0.05) is 50.4 Å². The number of hydrogen-bond donors (Lipinski definition) is 1. The van der Waals surface area contributed by atoms with Crippen molar-refractivity contribution in [2.24, 2.45) is 16.9 Å². The second kappa shape index (κ2) is 22.3. The number of rotatable bonds is 21. The number of fused-ring (bicyclic) bond motifs is 4. The van der Waals surface area contributed by atoms with Crippen LogP contribution in [0.2, 0.25) is 0 Å². The van der Waals surface area contributed by atoms with Crippen molar-refractivity contribution in [3.8, 4) is 28.7 Å². The zero-order chi connectivity index (χ0) is 50.1. The van der Waals surface area contributed by atoms with Crippen LogP contribution < -0.4 is 29.1 Å². The van der Waals surface area contributed by atoms with Crippen molar-refractivity contribution in [3.63, 3.8) is 0 Å². The summed E-state index contributed by atoms with van der Waals surface area (Å²) in [7, 11) is 4.83. The number of nitrogens with one attached hydrogen (secondary N) is 1. The summed E-state index contributed by atoms with van der Waals surface area (Å²) < 4.78 is 35.4. The molecule has 2 aromatic carbocycles. The monoisotopic (exact) mass is 977 g/mol. The number of hydrazone groups is 1. The molecule has 0 spiro atoms. The molecule has 5 aliphatic rings. The molecule has 72 heavy (non-hydrogen) atoms. The molecule has 2 aromatic heterocycles. The van der Waals surface area contributed by atoms with E-state index in [1.54, 1.807) is 40.0 Å². The highest BCUT2D eigenvalue weighted by Crippen LogP contribution is 2.41. The predicted molar refractivity (Wildman–Crippen MR) is 272 cm³/mol. The molecule has 3 amide bonds. The minimum Gasteiger partial charge on any atom is -0.618 e. The van der Waals surface area contributed by atoms with Gasteiger partial charge < -0.3 is 43.2 Å². The average molecular weight is 978 g/mol. The van der Waals surface area contributed by atoms with Crippen molar-refractivity contribution in [2.45, 2.75) is 70.9 Å². The van der Waals surface area contributed by atoms with Gasteiger partial charge in [0.25, 0.3) is 11.8 Å². The Hall–Kier alpha value is -8.08. The van der Waals surface area contributed by atoms with Crippen LogP contribution in [-0.2, 0) is 27.5 Å². The normalized spacial score (nSPS) is 18.0. The standard InChI is InChI=1S/C55H59N7O10/c1-68-44-19-15-39(16-20-44)41-18-22-46-43(29-41)32-59-36-50(55(70-3)48(59)34-62(46)67)72-27-9-5-8-26-71-49-35-58-31-42-28-40(17-21-45(42)61(66)33-47(58)54(49)69-2)38-13-11-37(12-14-38)30-56-57-51(63)10-6-4-7-25-60-52(64)23-24-53(60)65/h11-24,30,33-36,42-43H,4-10,25-29,31-32H2,1-3H3,(H,57,63). The Bertz CT molecular complexity index is 2930. The molecule has 5 heterocycles. The van der Waals surface area contributed by atoms with Crippen LogP contribution in [0.4, 0.5) is 0 Å². The fraction of sp³-hybridized carbons (Fsp3) is 0.345. The Labute approximate surface area is 418 Å². The van der Waals surface area contributed by atoms with Crippen LogP contribution in [0.25, 0.3) is 11.1 Å². The summed E-state index contributed by atoms with van der Waals surface area (Å²) in [5, 5.41) is 31.1. The van der Waals surface area contributed by atoms with E-state index in [1.165, 1.54) is 17.1 Å². The van der Waals surface area contributed by atoms with E-state index in [2.05, 4.69) is 15.1 Å². The topological polar surface area (TPSA) is 187 Å². The Morgan fingerprint density at radius 3 is 1.71 bits per heavy atom.